The number of anilines is 1. The topological polar surface area (TPSA) is 159 Å². The van der Waals surface area contributed by atoms with Crippen LogP contribution in [0.25, 0.3) is 17.2 Å². The van der Waals surface area contributed by atoms with Gasteiger partial charge in [-0.15, -0.1) is 0 Å². The quantitative estimate of drug-likeness (QED) is 0.168. The molecule has 0 aliphatic carbocycles. The number of aliphatic hydroxyl groups is 1. The molecule has 0 aliphatic rings. The van der Waals surface area contributed by atoms with Crippen LogP contribution >= 0.6 is 11.6 Å². The van der Waals surface area contributed by atoms with Gasteiger partial charge in [0.1, 0.15) is 18.5 Å². The van der Waals surface area contributed by atoms with E-state index in [2.05, 4.69) is 15.5 Å². The summed E-state index contributed by atoms with van der Waals surface area (Å²) in [7, 11) is 2.84. The van der Waals surface area contributed by atoms with Gasteiger partial charge in [0.25, 0.3) is 11.2 Å². The maximum atomic E-state index is 13.0. The second kappa shape index (κ2) is 12.0. The van der Waals surface area contributed by atoms with Crippen molar-refractivity contribution in [2.75, 3.05) is 12.0 Å². The Morgan fingerprint density at radius 1 is 1.20 bits per heavy atom. The molecule has 2 aromatic carbocycles. The van der Waals surface area contributed by atoms with Crippen LogP contribution in [0.2, 0.25) is 0 Å². The van der Waals surface area contributed by atoms with Gasteiger partial charge in [0.2, 0.25) is 5.95 Å². The summed E-state index contributed by atoms with van der Waals surface area (Å²) in [5.41, 5.74) is 3.23. The highest BCUT2D eigenvalue weighted by molar-refractivity contribution is 6.41. The monoisotopic (exact) mass is 567 g/mol. The van der Waals surface area contributed by atoms with Gasteiger partial charge >= 0.3 is 5.69 Å². The minimum absolute atomic E-state index is 0.0467. The van der Waals surface area contributed by atoms with Crippen LogP contribution < -0.4 is 21.4 Å². The summed E-state index contributed by atoms with van der Waals surface area (Å²) in [6, 6.07) is 13.2. The van der Waals surface area contributed by atoms with Crippen LogP contribution in [0.1, 0.15) is 11.1 Å². The highest BCUT2D eigenvalue weighted by Crippen LogP contribution is 2.19. The standard InChI is InChI=1S/C26H26ClN7O6/c1-16-6-4-5-7-21(16)40-15-20(35)14-33-22-23(31(2)26(37)32(3)24(22)36)29-25(33)30-28-13-18(27)12-17-8-10-19(11-9-17)34(38)39/h4-13,20,35H,14-15H2,1-3H3,(H,29,30). The molecule has 2 aromatic heterocycles. The Morgan fingerprint density at radius 2 is 1.90 bits per heavy atom. The lowest BCUT2D eigenvalue weighted by Crippen LogP contribution is -2.38. The van der Waals surface area contributed by atoms with E-state index in [9.17, 15) is 24.8 Å². The fourth-order valence-electron chi connectivity index (χ4n) is 3.92. The molecule has 208 valence electrons. The molecule has 0 fully saturated rings. The number of aryl methyl sites for hydroxylation is 2. The maximum absolute atomic E-state index is 13.0. The Balaban J connectivity index is 1.60. The summed E-state index contributed by atoms with van der Waals surface area (Å²) in [5.74, 6) is 0.701. The molecule has 0 saturated heterocycles. The molecule has 0 spiro atoms. The highest BCUT2D eigenvalue weighted by Gasteiger charge is 2.21. The molecule has 0 radical (unpaired) electrons. The van der Waals surface area contributed by atoms with Crippen LogP contribution in [0, 0.1) is 17.0 Å². The first-order valence-electron chi connectivity index (χ1n) is 12.0. The number of imidazole rings is 1. The Kier molecular flexibility index (Phi) is 8.46. The lowest BCUT2D eigenvalue weighted by molar-refractivity contribution is -0.384. The molecular weight excluding hydrogens is 542 g/mol. The number of ether oxygens (including phenoxy) is 1. The molecule has 0 aliphatic heterocycles. The van der Waals surface area contributed by atoms with E-state index in [0.717, 1.165) is 10.1 Å². The predicted molar refractivity (Wildman–Crippen MR) is 152 cm³/mol. The summed E-state index contributed by atoms with van der Waals surface area (Å²) >= 11 is 6.25. The average Bonchev–Trinajstić information content (AvgIpc) is 3.28. The molecule has 40 heavy (non-hydrogen) atoms. The van der Waals surface area contributed by atoms with Gasteiger partial charge in [-0.05, 0) is 42.3 Å². The second-order valence-corrected chi connectivity index (χ2v) is 9.34. The number of para-hydroxylation sites is 1. The molecule has 14 heteroatoms. The summed E-state index contributed by atoms with van der Waals surface area (Å²) in [6.45, 7) is 1.72. The first-order valence-corrected chi connectivity index (χ1v) is 12.4. The number of aromatic nitrogens is 4. The number of nitrogens with one attached hydrogen (secondary N) is 1. The van der Waals surface area contributed by atoms with Crippen molar-refractivity contribution in [3.05, 3.63) is 95.6 Å². The Hall–Kier alpha value is -4.75. The minimum Gasteiger partial charge on any atom is -0.491 e. The summed E-state index contributed by atoms with van der Waals surface area (Å²) in [5, 5.41) is 25.9. The van der Waals surface area contributed by atoms with Crippen molar-refractivity contribution in [1.82, 2.24) is 18.7 Å². The zero-order valence-electron chi connectivity index (χ0n) is 21.8. The van der Waals surface area contributed by atoms with Crippen LogP contribution in [0.5, 0.6) is 5.75 Å². The smallest absolute Gasteiger partial charge is 0.332 e. The molecule has 1 unspecified atom stereocenters. The summed E-state index contributed by atoms with van der Waals surface area (Å²) in [4.78, 5) is 40.2. The number of benzene rings is 2. The van der Waals surface area contributed by atoms with Gasteiger partial charge in [-0.1, -0.05) is 29.8 Å². The lowest BCUT2D eigenvalue weighted by Gasteiger charge is -2.16. The van der Waals surface area contributed by atoms with Crippen molar-refractivity contribution in [1.29, 1.82) is 0 Å². The zero-order chi connectivity index (χ0) is 29.0. The van der Waals surface area contributed by atoms with Crippen molar-refractivity contribution < 1.29 is 14.8 Å². The van der Waals surface area contributed by atoms with Crippen LogP contribution in [0.3, 0.4) is 0 Å². The fraction of sp³-hybridized carbons (Fsp3) is 0.231. The van der Waals surface area contributed by atoms with Crippen molar-refractivity contribution in [2.45, 2.75) is 19.6 Å². The fourth-order valence-corrected chi connectivity index (χ4v) is 4.09. The van der Waals surface area contributed by atoms with Gasteiger partial charge in [0.15, 0.2) is 11.2 Å². The van der Waals surface area contributed by atoms with Gasteiger partial charge in [-0.3, -0.25) is 24.0 Å². The Labute approximate surface area is 232 Å². The molecular formula is C26H26ClN7O6. The third kappa shape index (κ3) is 6.11. The van der Waals surface area contributed by atoms with E-state index in [1.54, 1.807) is 12.1 Å². The van der Waals surface area contributed by atoms with Crippen molar-refractivity contribution in [3.8, 4) is 5.75 Å². The molecule has 0 saturated carbocycles. The van der Waals surface area contributed by atoms with E-state index in [1.165, 1.54) is 53.7 Å². The lowest BCUT2D eigenvalue weighted by atomic mass is 10.2. The Morgan fingerprint density at radius 3 is 2.58 bits per heavy atom. The van der Waals surface area contributed by atoms with E-state index >= 15 is 0 Å². The number of hydrogen-bond donors (Lipinski definition) is 2. The van der Waals surface area contributed by atoms with Gasteiger partial charge in [-0.25, -0.2) is 10.2 Å². The van der Waals surface area contributed by atoms with E-state index < -0.39 is 22.3 Å². The minimum atomic E-state index is -1.05. The molecule has 0 amide bonds. The number of hydrazone groups is 1. The molecule has 0 bridgehead atoms. The summed E-state index contributed by atoms with van der Waals surface area (Å²) < 4.78 is 9.35. The number of aliphatic hydroxyl groups excluding tert-OH is 1. The number of fused-ring (bicyclic) bond motifs is 1. The van der Waals surface area contributed by atoms with Gasteiger partial charge in [0, 0.05) is 26.2 Å². The largest absolute Gasteiger partial charge is 0.491 e. The van der Waals surface area contributed by atoms with Gasteiger partial charge < -0.3 is 14.4 Å². The second-order valence-electron chi connectivity index (χ2n) is 8.90. The van der Waals surface area contributed by atoms with Crippen LogP contribution in [-0.2, 0) is 20.6 Å². The first kappa shape index (κ1) is 28.3. The van der Waals surface area contributed by atoms with Gasteiger partial charge in [-0.2, -0.15) is 10.1 Å². The third-order valence-corrected chi connectivity index (χ3v) is 6.23. The molecule has 4 rings (SSSR count). The number of hydrogen-bond acceptors (Lipinski definition) is 9. The van der Waals surface area contributed by atoms with E-state index in [4.69, 9.17) is 16.3 Å². The summed E-state index contributed by atoms with van der Waals surface area (Å²) in [6.07, 6.45) is 1.78. The van der Waals surface area contributed by atoms with Crippen LogP contribution in [-0.4, -0.2) is 47.6 Å². The number of halogens is 1. The number of non-ortho nitro benzene ring substituents is 1. The molecule has 1 atom stereocenters. The SMILES string of the molecule is Cc1ccccc1OCC(O)Cn1c(NN=CC(Cl)=Cc2ccc([N+](=O)[O-])cc2)nc2c1c(=O)n(C)c(=O)n2C. The Bertz CT molecular complexity index is 1740. The number of rotatable bonds is 10. The highest BCUT2D eigenvalue weighted by atomic mass is 35.5. The van der Waals surface area contributed by atoms with Crippen molar-refractivity contribution >= 4 is 46.7 Å². The number of nitro groups is 1. The number of nitro benzene ring substituents is 1. The maximum Gasteiger partial charge on any atom is 0.332 e. The van der Waals surface area contributed by atoms with Crippen molar-refractivity contribution in [2.24, 2.45) is 19.2 Å². The van der Waals surface area contributed by atoms with E-state index in [-0.39, 0.29) is 41.0 Å². The predicted octanol–water partition coefficient (Wildman–Crippen LogP) is 2.77. The molecule has 13 nitrogen and oxygen atoms in total. The zero-order valence-corrected chi connectivity index (χ0v) is 22.6. The average molecular weight is 568 g/mol. The number of allylic oxidation sites excluding steroid dienone is 1. The van der Waals surface area contributed by atoms with E-state index in [0.29, 0.717) is 11.3 Å². The van der Waals surface area contributed by atoms with Crippen molar-refractivity contribution in [3.63, 3.8) is 0 Å². The third-order valence-electron chi connectivity index (χ3n) is 6.03. The van der Waals surface area contributed by atoms with Gasteiger partial charge in [0.05, 0.1) is 22.7 Å². The molecule has 4 aromatic rings. The van der Waals surface area contributed by atoms with Crippen LogP contribution in [0.4, 0.5) is 11.6 Å². The molecule has 2 heterocycles. The first-order chi connectivity index (χ1) is 19.1. The normalized spacial score (nSPS) is 12.7. The van der Waals surface area contributed by atoms with E-state index in [1.807, 2.05) is 25.1 Å². The molecule has 2 N–H and O–H groups in total. The van der Waals surface area contributed by atoms with Crippen LogP contribution in [0.15, 0.2) is 68.3 Å². The number of nitrogens with zero attached hydrogens (tertiary/aromatic N) is 6.